The smallest absolute Gasteiger partial charge is 0.326 e. The Balaban J connectivity index is 2.10. The summed E-state index contributed by atoms with van der Waals surface area (Å²) >= 11 is 0. The maximum Gasteiger partial charge on any atom is 0.326 e. The zero-order chi connectivity index (χ0) is 27.5. The van der Waals surface area contributed by atoms with E-state index in [0.29, 0.717) is 18.9 Å². The van der Waals surface area contributed by atoms with Crippen LogP contribution in [0.5, 0.6) is 0 Å². The molecule has 1 heterocycles. The summed E-state index contributed by atoms with van der Waals surface area (Å²) in [7, 11) is 5.05. The Kier molecular flexibility index (Phi) is 12.5. The molecule has 1 aliphatic rings. The van der Waals surface area contributed by atoms with Crippen LogP contribution in [-0.4, -0.2) is 85.9 Å². The van der Waals surface area contributed by atoms with Gasteiger partial charge in [0.1, 0.15) is 6.04 Å². The Morgan fingerprint density at radius 2 is 1.81 bits per heavy atom. The van der Waals surface area contributed by atoms with Crippen molar-refractivity contribution in [1.82, 2.24) is 15.5 Å². The van der Waals surface area contributed by atoms with E-state index in [1.807, 2.05) is 42.3 Å². The first-order valence-electron chi connectivity index (χ1n) is 13.3. The van der Waals surface area contributed by atoms with Gasteiger partial charge in [0, 0.05) is 33.2 Å². The number of amides is 2. The molecule has 9 nitrogen and oxygen atoms in total. The number of methoxy groups -OCH3 is 2. The van der Waals surface area contributed by atoms with Crippen molar-refractivity contribution in [3.05, 3.63) is 35.9 Å². The topological polar surface area (TPSA) is 117 Å². The van der Waals surface area contributed by atoms with Crippen molar-refractivity contribution < 1.29 is 29.0 Å². The first-order valence-corrected chi connectivity index (χ1v) is 13.3. The van der Waals surface area contributed by atoms with Crippen molar-refractivity contribution >= 4 is 17.8 Å². The molecule has 37 heavy (non-hydrogen) atoms. The van der Waals surface area contributed by atoms with E-state index in [0.717, 1.165) is 18.4 Å². The van der Waals surface area contributed by atoms with Crippen molar-refractivity contribution in [2.24, 2.45) is 11.8 Å². The molecule has 1 fully saturated rings. The molecule has 0 unspecified atom stereocenters. The van der Waals surface area contributed by atoms with Gasteiger partial charge < -0.3 is 30.1 Å². The number of rotatable bonds is 15. The average molecular weight is 520 g/mol. The van der Waals surface area contributed by atoms with Gasteiger partial charge in [-0.2, -0.15) is 0 Å². The minimum absolute atomic E-state index is 0.0277. The summed E-state index contributed by atoms with van der Waals surface area (Å²) in [5.74, 6) is -1.84. The highest BCUT2D eigenvalue weighted by Crippen LogP contribution is 2.28. The van der Waals surface area contributed by atoms with E-state index >= 15 is 0 Å². The molecule has 7 atom stereocenters. The van der Waals surface area contributed by atoms with Crippen LogP contribution in [0.3, 0.4) is 0 Å². The summed E-state index contributed by atoms with van der Waals surface area (Å²) in [6.45, 7) is 6.57. The molecule has 208 valence electrons. The summed E-state index contributed by atoms with van der Waals surface area (Å²) in [5.41, 5.74) is 0.823. The second-order valence-corrected chi connectivity index (χ2v) is 10.1. The van der Waals surface area contributed by atoms with Crippen LogP contribution < -0.4 is 10.6 Å². The van der Waals surface area contributed by atoms with Crippen LogP contribution in [0, 0.1) is 11.8 Å². The predicted octanol–water partition coefficient (Wildman–Crippen LogP) is 2.48. The van der Waals surface area contributed by atoms with Gasteiger partial charge >= 0.3 is 5.97 Å². The summed E-state index contributed by atoms with van der Waals surface area (Å²) in [6, 6.07) is 7.90. The fourth-order valence-corrected chi connectivity index (χ4v) is 5.38. The number of carbonyl (C=O) groups excluding carboxylic acids is 2. The van der Waals surface area contributed by atoms with Crippen molar-refractivity contribution in [3.63, 3.8) is 0 Å². The number of benzene rings is 1. The molecular weight excluding hydrogens is 474 g/mol. The standard InChI is InChI=1S/C28H45N3O6/c1-7-18(2)25(29-4)23(36-5)17-24(32)31-15-11-14-22(31)26(37-6)19(3)27(33)30-21(28(34)35)16-20-12-9-8-10-13-20/h8-10,12-13,18-19,21-23,25-26,29H,7,11,14-17H2,1-6H3,(H,30,33)(H,34,35)/t18-,19+,21-,22-,23+,25-,26+/m0/s1. The lowest BCUT2D eigenvalue weighted by Gasteiger charge is -2.36. The van der Waals surface area contributed by atoms with Crippen LogP contribution in [0.15, 0.2) is 30.3 Å². The maximum atomic E-state index is 13.4. The third kappa shape index (κ3) is 8.25. The van der Waals surface area contributed by atoms with Crippen molar-refractivity contribution in [2.45, 2.75) is 83.2 Å². The van der Waals surface area contributed by atoms with Gasteiger partial charge in [0.15, 0.2) is 0 Å². The maximum absolute atomic E-state index is 13.4. The number of nitrogens with one attached hydrogen (secondary N) is 2. The Labute approximate surface area is 221 Å². The minimum atomic E-state index is -1.10. The molecule has 2 amide bonds. The number of ether oxygens (including phenoxy) is 2. The van der Waals surface area contributed by atoms with Gasteiger partial charge in [-0.05, 0) is 31.4 Å². The van der Waals surface area contributed by atoms with Gasteiger partial charge in [-0.25, -0.2) is 4.79 Å². The quantitative estimate of drug-likeness (QED) is 0.326. The van der Waals surface area contributed by atoms with E-state index < -0.39 is 29.9 Å². The van der Waals surface area contributed by atoms with Crippen LogP contribution in [-0.2, 0) is 30.3 Å². The Morgan fingerprint density at radius 3 is 2.35 bits per heavy atom. The van der Waals surface area contributed by atoms with Crippen LogP contribution in [0.2, 0.25) is 0 Å². The van der Waals surface area contributed by atoms with E-state index in [4.69, 9.17) is 9.47 Å². The van der Waals surface area contributed by atoms with E-state index in [2.05, 4.69) is 24.5 Å². The van der Waals surface area contributed by atoms with E-state index in [-0.39, 0.29) is 36.9 Å². The SMILES string of the molecule is CC[C@H](C)[C@H](NC)[C@@H](CC(=O)N1CCC[C@H]1[C@H](OC)[C@@H](C)C(=O)N[C@@H](Cc1ccccc1)C(=O)O)OC. The number of carbonyl (C=O) groups is 3. The number of hydrogen-bond acceptors (Lipinski definition) is 6. The molecule has 1 aromatic carbocycles. The molecule has 0 aliphatic carbocycles. The Morgan fingerprint density at radius 1 is 1.14 bits per heavy atom. The summed E-state index contributed by atoms with van der Waals surface area (Å²) in [6.07, 6.45) is 2.07. The summed E-state index contributed by atoms with van der Waals surface area (Å²) in [5, 5.41) is 15.7. The normalized spacial score (nSPS) is 20.5. The van der Waals surface area contributed by atoms with Crippen LogP contribution in [0.4, 0.5) is 0 Å². The molecule has 1 aromatic rings. The van der Waals surface area contributed by atoms with Gasteiger partial charge in [-0.15, -0.1) is 0 Å². The molecule has 1 saturated heterocycles. The number of aliphatic carboxylic acids is 1. The molecule has 0 radical (unpaired) electrons. The van der Waals surface area contributed by atoms with E-state index in [1.165, 1.54) is 7.11 Å². The molecule has 0 aromatic heterocycles. The minimum Gasteiger partial charge on any atom is -0.480 e. The van der Waals surface area contributed by atoms with Gasteiger partial charge in [-0.3, -0.25) is 9.59 Å². The van der Waals surface area contributed by atoms with Crippen LogP contribution in [0.25, 0.3) is 0 Å². The first kappa shape index (κ1) is 30.7. The number of likely N-dealkylation sites (tertiary alicyclic amines) is 1. The predicted molar refractivity (Wildman–Crippen MR) is 142 cm³/mol. The monoisotopic (exact) mass is 519 g/mol. The third-order valence-electron chi connectivity index (χ3n) is 7.74. The zero-order valence-electron chi connectivity index (χ0n) is 23.1. The lowest BCUT2D eigenvalue weighted by Crippen LogP contribution is -2.53. The van der Waals surface area contributed by atoms with E-state index in [1.54, 1.807) is 14.0 Å². The van der Waals surface area contributed by atoms with Gasteiger partial charge in [-0.1, -0.05) is 57.5 Å². The first-order chi connectivity index (χ1) is 17.7. The number of carboxylic acid groups (broad SMARTS) is 1. The fraction of sp³-hybridized carbons (Fsp3) is 0.679. The number of nitrogens with zero attached hydrogens (tertiary/aromatic N) is 1. The lowest BCUT2D eigenvalue weighted by atomic mass is 9.91. The molecule has 0 saturated carbocycles. The highest BCUT2D eigenvalue weighted by Gasteiger charge is 2.41. The highest BCUT2D eigenvalue weighted by atomic mass is 16.5. The molecule has 0 bridgehead atoms. The third-order valence-corrected chi connectivity index (χ3v) is 7.74. The highest BCUT2D eigenvalue weighted by molar-refractivity contribution is 5.85. The number of hydrogen-bond donors (Lipinski definition) is 3. The molecule has 3 N–H and O–H groups in total. The molecule has 1 aliphatic heterocycles. The zero-order valence-corrected chi connectivity index (χ0v) is 23.1. The molecule has 2 rings (SSSR count). The molecule has 9 heteroatoms. The summed E-state index contributed by atoms with van der Waals surface area (Å²) < 4.78 is 11.5. The van der Waals surface area contributed by atoms with Gasteiger partial charge in [0.05, 0.1) is 30.6 Å². The number of carboxylic acids is 1. The van der Waals surface area contributed by atoms with Crippen LogP contribution >= 0.6 is 0 Å². The van der Waals surface area contributed by atoms with Gasteiger partial charge in [0.2, 0.25) is 11.8 Å². The average Bonchev–Trinajstić information content (AvgIpc) is 3.38. The second-order valence-electron chi connectivity index (χ2n) is 10.1. The largest absolute Gasteiger partial charge is 0.480 e. The van der Waals surface area contributed by atoms with Crippen molar-refractivity contribution in [2.75, 3.05) is 27.8 Å². The lowest BCUT2D eigenvalue weighted by molar-refractivity contribution is -0.145. The van der Waals surface area contributed by atoms with Crippen LogP contribution in [0.1, 0.15) is 52.0 Å². The van der Waals surface area contributed by atoms with E-state index in [9.17, 15) is 19.5 Å². The number of likely N-dealkylation sites (N-methyl/N-ethyl adjacent to an activating group) is 1. The summed E-state index contributed by atoms with van der Waals surface area (Å²) in [4.78, 5) is 40.3. The molecule has 0 spiro atoms. The Hall–Kier alpha value is -2.49. The Bertz CT molecular complexity index is 867. The fourth-order valence-electron chi connectivity index (χ4n) is 5.38. The second kappa shape index (κ2) is 15.1. The molecular formula is C28H45N3O6. The van der Waals surface area contributed by atoms with Gasteiger partial charge in [0.25, 0.3) is 0 Å². The van der Waals surface area contributed by atoms with Crippen molar-refractivity contribution in [1.29, 1.82) is 0 Å². The van der Waals surface area contributed by atoms with Crippen molar-refractivity contribution in [3.8, 4) is 0 Å².